The van der Waals surface area contributed by atoms with E-state index < -0.39 is 24.1 Å². The van der Waals surface area contributed by atoms with E-state index in [9.17, 15) is 14.4 Å². The number of pyridine rings is 1. The summed E-state index contributed by atoms with van der Waals surface area (Å²) < 4.78 is 9.76. The number of fused-ring (bicyclic) bond motifs is 2. The Morgan fingerprint density at radius 1 is 1.11 bits per heavy atom. The van der Waals surface area contributed by atoms with Gasteiger partial charge in [-0.05, 0) is 44.2 Å². The number of rotatable bonds is 3. The van der Waals surface area contributed by atoms with Crippen LogP contribution in [0.4, 0.5) is 4.79 Å². The number of amides is 2. The van der Waals surface area contributed by atoms with Crippen LogP contribution in [0.5, 0.6) is 0 Å². The summed E-state index contributed by atoms with van der Waals surface area (Å²) in [5, 5.41) is 2.72. The number of imide groups is 1. The van der Waals surface area contributed by atoms with Gasteiger partial charge in [0.2, 0.25) is 0 Å². The molecule has 1 N–H and O–H groups in total. The van der Waals surface area contributed by atoms with Crippen LogP contribution >= 0.6 is 0 Å². The molecule has 1 aliphatic carbocycles. The van der Waals surface area contributed by atoms with Gasteiger partial charge in [-0.1, -0.05) is 24.6 Å². The Morgan fingerprint density at radius 2 is 1.85 bits per heavy atom. The highest BCUT2D eigenvalue weighted by molar-refractivity contribution is 6.06. The highest BCUT2D eigenvalue weighted by Crippen LogP contribution is 2.29. The normalized spacial score (nSPS) is 14.6. The second kappa shape index (κ2) is 8.16. The van der Waals surface area contributed by atoms with Crippen molar-refractivity contribution in [1.82, 2.24) is 10.3 Å². The fourth-order valence-corrected chi connectivity index (χ4v) is 3.31. The fourth-order valence-electron chi connectivity index (χ4n) is 3.31. The number of aryl methyl sites for hydroxylation is 1. The van der Waals surface area contributed by atoms with Crippen molar-refractivity contribution in [3.8, 4) is 0 Å². The molecule has 7 nitrogen and oxygen atoms in total. The van der Waals surface area contributed by atoms with Crippen molar-refractivity contribution in [2.24, 2.45) is 0 Å². The first-order valence-corrected chi connectivity index (χ1v) is 9.01. The summed E-state index contributed by atoms with van der Waals surface area (Å²) in [6.45, 7) is 1.41. The molecule has 0 aliphatic heterocycles. The van der Waals surface area contributed by atoms with Crippen molar-refractivity contribution < 1.29 is 23.9 Å². The third-order valence-electron chi connectivity index (χ3n) is 4.69. The minimum Gasteiger partial charge on any atom is -0.453 e. The van der Waals surface area contributed by atoms with E-state index >= 15 is 0 Å². The first kappa shape index (κ1) is 18.8. The fraction of sp³-hybridized carbons (Fsp3) is 0.400. The van der Waals surface area contributed by atoms with Gasteiger partial charge in [0.05, 0.1) is 18.2 Å². The zero-order valence-corrected chi connectivity index (χ0v) is 15.4. The second-order valence-corrected chi connectivity index (χ2v) is 6.52. The van der Waals surface area contributed by atoms with Crippen molar-refractivity contribution >= 4 is 28.9 Å². The third kappa shape index (κ3) is 4.07. The Balaban J connectivity index is 1.95. The molecule has 2 amide bonds. The van der Waals surface area contributed by atoms with Gasteiger partial charge in [-0.3, -0.25) is 15.1 Å². The zero-order valence-electron chi connectivity index (χ0n) is 15.4. The predicted molar refractivity (Wildman–Crippen MR) is 98.4 cm³/mol. The Morgan fingerprint density at radius 3 is 2.63 bits per heavy atom. The topological polar surface area (TPSA) is 94.6 Å². The van der Waals surface area contributed by atoms with Crippen LogP contribution in [0.3, 0.4) is 0 Å². The number of alkyl carbamates (subject to hydrolysis) is 1. The van der Waals surface area contributed by atoms with Crippen LogP contribution < -0.4 is 5.32 Å². The summed E-state index contributed by atoms with van der Waals surface area (Å²) in [6, 6.07) is 7.42. The van der Waals surface area contributed by atoms with E-state index in [1.54, 1.807) is 0 Å². The number of nitrogens with zero attached hydrogens (tertiary/aromatic N) is 1. The molecule has 0 fully saturated rings. The van der Waals surface area contributed by atoms with E-state index in [0.717, 1.165) is 56.0 Å². The van der Waals surface area contributed by atoms with Crippen LogP contribution in [0.25, 0.3) is 10.9 Å². The SMILES string of the molecule is COC(=O)NC(=O)[C@@H](C)OC(=O)c1c2c(nc3ccccc13)CCCCC2. The summed E-state index contributed by atoms with van der Waals surface area (Å²) in [5.74, 6) is -1.32. The maximum Gasteiger partial charge on any atom is 0.413 e. The molecule has 1 aromatic carbocycles. The molecule has 2 aromatic rings. The smallest absolute Gasteiger partial charge is 0.413 e. The Labute approximate surface area is 157 Å². The number of carbonyl (C=O) groups excluding carboxylic acids is 3. The van der Waals surface area contributed by atoms with Crippen molar-refractivity contribution in [3.05, 3.63) is 41.1 Å². The van der Waals surface area contributed by atoms with Crippen molar-refractivity contribution in [2.75, 3.05) is 7.11 Å². The molecule has 0 spiro atoms. The van der Waals surface area contributed by atoms with Gasteiger partial charge < -0.3 is 9.47 Å². The van der Waals surface area contributed by atoms with Gasteiger partial charge in [0.25, 0.3) is 5.91 Å². The van der Waals surface area contributed by atoms with E-state index in [-0.39, 0.29) is 0 Å². The van der Waals surface area contributed by atoms with E-state index in [4.69, 9.17) is 9.72 Å². The molecular weight excluding hydrogens is 348 g/mol. The largest absolute Gasteiger partial charge is 0.453 e. The van der Waals surface area contributed by atoms with Crippen LogP contribution in [0.15, 0.2) is 24.3 Å². The summed E-state index contributed by atoms with van der Waals surface area (Å²) >= 11 is 0. The molecule has 1 atom stereocenters. The van der Waals surface area contributed by atoms with E-state index in [2.05, 4.69) is 4.74 Å². The maximum absolute atomic E-state index is 13.0. The highest BCUT2D eigenvalue weighted by Gasteiger charge is 2.26. The summed E-state index contributed by atoms with van der Waals surface area (Å²) in [7, 11) is 1.15. The molecule has 1 heterocycles. The summed E-state index contributed by atoms with van der Waals surface area (Å²) in [5.41, 5.74) is 3.02. The van der Waals surface area contributed by atoms with E-state index in [1.165, 1.54) is 6.92 Å². The van der Waals surface area contributed by atoms with Crippen molar-refractivity contribution in [1.29, 1.82) is 0 Å². The lowest BCUT2D eigenvalue weighted by Crippen LogP contribution is -2.39. The van der Waals surface area contributed by atoms with Crippen molar-refractivity contribution in [2.45, 2.75) is 45.1 Å². The molecule has 1 aromatic heterocycles. The summed E-state index contributed by atoms with van der Waals surface area (Å²) in [6.07, 6.45) is 2.63. The molecule has 27 heavy (non-hydrogen) atoms. The maximum atomic E-state index is 13.0. The lowest BCUT2D eigenvalue weighted by Gasteiger charge is -2.17. The van der Waals surface area contributed by atoms with Crippen LogP contribution in [0, 0.1) is 0 Å². The van der Waals surface area contributed by atoms with E-state index in [1.807, 2.05) is 29.6 Å². The number of esters is 1. The van der Waals surface area contributed by atoms with Crippen LogP contribution in [0.2, 0.25) is 0 Å². The minimum atomic E-state index is -1.13. The Hall–Kier alpha value is -2.96. The number of nitrogens with one attached hydrogen (secondary N) is 1. The Bertz CT molecular complexity index is 893. The highest BCUT2D eigenvalue weighted by atomic mass is 16.6. The number of hydrogen-bond acceptors (Lipinski definition) is 6. The van der Waals surface area contributed by atoms with Gasteiger partial charge in [0.1, 0.15) is 0 Å². The first-order chi connectivity index (χ1) is 13.0. The molecular formula is C20H22N2O5. The number of aromatic nitrogens is 1. The number of ether oxygens (including phenoxy) is 2. The molecule has 3 rings (SSSR count). The van der Waals surface area contributed by atoms with Gasteiger partial charge in [-0.25, -0.2) is 9.59 Å². The molecule has 1 aliphatic rings. The van der Waals surface area contributed by atoms with Crippen LogP contribution in [-0.2, 0) is 27.1 Å². The molecule has 0 bridgehead atoms. The number of methoxy groups -OCH3 is 1. The van der Waals surface area contributed by atoms with Gasteiger partial charge in [-0.15, -0.1) is 0 Å². The molecule has 0 saturated carbocycles. The first-order valence-electron chi connectivity index (χ1n) is 9.01. The van der Waals surface area contributed by atoms with E-state index in [0.29, 0.717) is 10.9 Å². The standard InChI is InChI=1S/C20H22N2O5/c1-12(18(23)22-20(25)26-2)27-19(24)17-13-8-4-3-5-10-15(13)21-16-11-7-6-9-14(16)17/h6-7,9,11-12H,3-5,8,10H2,1-2H3,(H,22,23,25)/t12-/m1/s1. The molecule has 7 heteroatoms. The minimum absolute atomic E-state index is 0.468. The van der Waals surface area contributed by atoms with Crippen molar-refractivity contribution in [3.63, 3.8) is 0 Å². The predicted octanol–water partition coefficient (Wildman–Crippen LogP) is 2.93. The third-order valence-corrected chi connectivity index (χ3v) is 4.69. The average Bonchev–Trinajstić information content (AvgIpc) is 2.90. The van der Waals surface area contributed by atoms with Gasteiger partial charge >= 0.3 is 12.1 Å². The number of hydrogen-bond donors (Lipinski definition) is 1. The number of benzene rings is 1. The molecule has 0 saturated heterocycles. The lowest BCUT2D eigenvalue weighted by molar-refractivity contribution is -0.128. The van der Waals surface area contributed by atoms with Crippen LogP contribution in [-0.4, -0.2) is 36.2 Å². The average molecular weight is 370 g/mol. The molecule has 142 valence electrons. The molecule has 0 radical (unpaired) electrons. The Kier molecular flexibility index (Phi) is 5.69. The van der Waals surface area contributed by atoms with Crippen LogP contribution in [0.1, 0.15) is 47.8 Å². The van der Waals surface area contributed by atoms with Gasteiger partial charge in [-0.2, -0.15) is 0 Å². The quantitative estimate of drug-likeness (QED) is 0.659. The lowest BCUT2D eigenvalue weighted by atomic mass is 9.97. The monoisotopic (exact) mass is 370 g/mol. The van der Waals surface area contributed by atoms with Gasteiger partial charge in [0.15, 0.2) is 6.10 Å². The molecule has 0 unspecified atom stereocenters. The number of carbonyl (C=O) groups is 3. The second-order valence-electron chi connectivity index (χ2n) is 6.52. The number of para-hydroxylation sites is 1. The summed E-state index contributed by atoms with van der Waals surface area (Å²) in [4.78, 5) is 40.9. The zero-order chi connectivity index (χ0) is 19.4. The van der Waals surface area contributed by atoms with Gasteiger partial charge in [0, 0.05) is 11.1 Å².